The zero-order valence-corrected chi connectivity index (χ0v) is 18.9. The van der Waals surface area contributed by atoms with Crippen LogP contribution in [0.4, 0.5) is 0 Å². The Balaban J connectivity index is 1.66. The van der Waals surface area contributed by atoms with Gasteiger partial charge in [0.25, 0.3) is 0 Å². The number of H-pyrrole nitrogens is 1. The summed E-state index contributed by atoms with van der Waals surface area (Å²) in [6, 6.07) is 2.01. The zero-order chi connectivity index (χ0) is 21.7. The van der Waals surface area contributed by atoms with Gasteiger partial charge in [-0.2, -0.15) is 0 Å². The average Bonchev–Trinajstić information content (AvgIpc) is 3.45. The van der Waals surface area contributed by atoms with E-state index in [4.69, 9.17) is 9.47 Å². The summed E-state index contributed by atoms with van der Waals surface area (Å²) >= 11 is 0.00937. The van der Waals surface area contributed by atoms with Crippen molar-refractivity contribution in [3.63, 3.8) is 0 Å². The van der Waals surface area contributed by atoms with E-state index >= 15 is 0 Å². The minimum absolute atomic E-state index is 0.00808. The van der Waals surface area contributed by atoms with Gasteiger partial charge in [0.1, 0.15) is 0 Å². The van der Waals surface area contributed by atoms with E-state index in [-0.39, 0.29) is 38.9 Å². The Hall–Kier alpha value is -2.96. The molecule has 1 atom stereocenters. The van der Waals surface area contributed by atoms with Gasteiger partial charge in [-0.3, -0.25) is 0 Å². The molecule has 2 N–H and O–H groups in total. The van der Waals surface area contributed by atoms with Gasteiger partial charge in [0, 0.05) is 0 Å². The van der Waals surface area contributed by atoms with E-state index in [0.29, 0.717) is 39.8 Å². The normalized spacial score (nSPS) is 17.1. The molecule has 2 aliphatic heterocycles. The van der Waals surface area contributed by atoms with Crippen LogP contribution >= 0.6 is 0 Å². The summed E-state index contributed by atoms with van der Waals surface area (Å²) in [5.41, 5.74) is 1.61. The number of nitrogens with zero attached hydrogens (tertiary/aromatic N) is 4. The standard InChI is InChI=1S/C20H19IN5O5/c1-9(2)16-14(27)7-22-19(25-16)31-17-10-3-4-30-18(10)13(5-11(17)12-6-21-12)26-20(29)24-15(28)8-23-26/h5,7-9,12,27H,3-4,6H2,1-2H3,(H,24,28,29)/q-1. The third-order valence-corrected chi connectivity index (χ3v) is 7.47. The first-order chi connectivity index (χ1) is 14.9. The Labute approximate surface area is 186 Å². The molecule has 2 aromatic heterocycles. The molecule has 1 fully saturated rings. The molecule has 31 heavy (non-hydrogen) atoms. The molecular formula is C20H19IN5O5-. The number of aromatic nitrogens is 5. The van der Waals surface area contributed by atoms with Crippen molar-refractivity contribution in [1.82, 2.24) is 24.7 Å². The van der Waals surface area contributed by atoms with E-state index in [1.54, 1.807) is 0 Å². The van der Waals surface area contributed by atoms with E-state index < -0.39 is 11.2 Å². The monoisotopic (exact) mass is 536 g/mol. The van der Waals surface area contributed by atoms with Crippen LogP contribution < -0.4 is 41.9 Å². The van der Waals surface area contributed by atoms with Crippen molar-refractivity contribution >= 4 is 0 Å². The van der Waals surface area contributed by atoms with Gasteiger partial charge >= 0.3 is 187 Å². The number of hydrogen-bond acceptors (Lipinski definition) is 8. The minimum atomic E-state index is -0.626. The predicted molar refractivity (Wildman–Crippen MR) is 105 cm³/mol. The molecule has 1 aromatic carbocycles. The van der Waals surface area contributed by atoms with E-state index in [0.717, 1.165) is 26.4 Å². The van der Waals surface area contributed by atoms with E-state index in [2.05, 4.69) is 20.1 Å². The summed E-state index contributed by atoms with van der Waals surface area (Å²) < 4.78 is 14.7. The number of halogens is 1. The van der Waals surface area contributed by atoms with Crippen LogP contribution in [0.3, 0.4) is 0 Å². The van der Waals surface area contributed by atoms with Crippen LogP contribution in [0.25, 0.3) is 5.69 Å². The maximum atomic E-state index is 12.4. The number of aromatic amines is 1. The molecule has 0 amide bonds. The summed E-state index contributed by atoms with van der Waals surface area (Å²) in [6.07, 6.45) is 3.01. The fraction of sp³-hybridized carbons (Fsp3) is 0.350. The number of alkyl halides is 2. The molecule has 2 aliphatic rings. The number of benzene rings is 1. The van der Waals surface area contributed by atoms with Crippen LogP contribution in [0.1, 0.15) is 40.5 Å². The van der Waals surface area contributed by atoms with Crippen LogP contribution in [0.2, 0.25) is 0 Å². The van der Waals surface area contributed by atoms with Crippen molar-refractivity contribution < 1.29 is 35.8 Å². The van der Waals surface area contributed by atoms with E-state index in [1.807, 2.05) is 19.9 Å². The van der Waals surface area contributed by atoms with Gasteiger partial charge in [-0.1, -0.05) is 0 Å². The molecule has 11 heteroatoms. The van der Waals surface area contributed by atoms with Gasteiger partial charge in [-0.25, -0.2) is 0 Å². The van der Waals surface area contributed by atoms with Crippen LogP contribution in [-0.2, 0) is 6.42 Å². The summed E-state index contributed by atoms with van der Waals surface area (Å²) in [6.45, 7) is 4.30. The number of ether oxygens (including phenoxy) is 2. The van der Waals surface area contributed by atoms with Crippen LogP contribution in [0.15, 0.2) is 28.0 Å². The second-order valence-corrected chi connectivity index (χ2v) is 10.8. The third kappa shape index (κ3) is 3.66. The number of hydrogen-bond donors (Lipinski definition) is 2. The predicted octanol–water partition coefficient (Wildman–Crippen LogP) is -1.59. The number of fused-ring (bicyclic) bond motifs is 1. The summed E-state index contributed by atoms with van der Waals surface area (Å²) in [7, 11) is 0. The van der Waals surface area contributed by atoms with Crippen molar-refractivity contribution in [2.75, 3.05) is 11.0 Å². The van der Waals surface area contributed by atoms with Gasteiger partial charge in [0.05, 0.1) is 0 Å². The van der Waals surface area contributed by atoms with E-state index in [9.17, 15) is 14.7 Å². The molecule has 0 radical (unpaired) electrons. The molecule has 162 valence electrons. The van der Waals surface area contributed by atoms with Crippen molar-refractivity contribution in [2.45, 2.75) is 30.1 Å². The van der Waals surface area contributed by atoms with Gasteiger partial charge in [-0.05, 0) is 0 Å². The Bertz CT molecular complexity index is 1300. The van der Waals surface area contributed by atoms with E-state index in [1.165, 1.54) is 6.20 Å². The zero-order valence-electron chi connectivity index (χ0n) is 16.8. The van der Waals surface area contributed by atoms with Gasteiger partial charge in [0.2, 0.25) is 0 Å². The molecule has 0 saturated carbocycles. The number of aromatic hydroxyl groups is 1. The van der Waals surface area contributed by atoms with Crippen molar-refractivity contribution in [3.05, 3.63) is 56.1 Å². The number of rotatable bonds is 5. The topological polar surface area (TPSA) is 132 Å². The first-order valence-corrected chi connectivity index (χ1v) is 12.5. The fourth-order valence-corrected chi connectivity index (χ4v) is 5.20. The van der Waals surface area contributed by atoms with Gasteiger partial charge in [-0.15, -0.1) is 0 Å². The average molecular weight is 536 g/mol. The van der Waals surface area contributed by atoms with Crippen LogP contribution in [-0.4, -0.2) is 40.9 Å². The molecule has 0 spiro atoms. The second kappa shape index (κ2) is 7.62. The van der Waals surface area contributed by atoms with Gasteiger partial charge < -0.3 is 0 Å². The first-order valence-electron chi connectivity index (χ1n) is 9.75. The fourth-order valence-electron chi connectivity index (χ4n) is 3.54. The Morgan fingerprint density at radius 3 is 2.87 bits per heavy atom. The molecule has 1 saturated heterocycles. The number of nitrogens with one attached hydrogen (secondary N) is 1. The molecule has 10 nitrogen and oxygen atoms in total. The summed E-state index contributed by atoms with van der Waals surface area (Å²) in [4.78, 5) is 34.6. The molecule has 0 aliphatic carbocycles. The molecule has 3 aromatic rings. The molecule has 5 rings (SSSR count). The quantitative estimate of drug-likeness (QED) is 0.295. The second-order valence-electron chi connectivity index (χ2n) is 7.53. The van der Waals surface area contributed by atoms with Gasteiger partial charge in [0.15, 0.2) is 0 Å². The Morgan fingerprint density at radius 2 is 2.16 bits per heavy atom. The Kier molecular flexibility index (Phi) is 4.91. The van der Waals surface area contributed by atoms with Crippen LogP contribution in [0, 0.1) is 0 Å². The maximum absolute atomic E-state index is 12.4. The summed E-state index contributed by atoms with van der Waals surface area (Å²) in [5, 5.41) is 14.0. The third-order valence-electron chi connectivity index (χ3n) is 5.04. The molecule has 1 unspecified atom stereocenters. The summed E-state index contributed by atoms with van der Waals surface area (Å²) in [5.74, 6) is 1.19. The van der Waals surface area contributed by atoms with Crippen LogP contribution in [0.5, 0.6) is 23.3 Å². The van der Waals surface area contributed by atoms with Crippen molar-refractivity contribution in [2.24, 2.45) is 0 Å². The first kappa shape index (κ1) is 20.0. The SMILES string of the molecule is CC(C)c1nc(Oc2c(C3C[I-]3)cc(-n3ncc(=O)[nH]c3=O)c3c2CCO3)ncc1O. The van der Waals surface area contributed by atoms with Crippen molar-refractivity contribution in [3.8, 4) is 28.9 Å². The molecular weight excluding hydrogens is 517 g/mol. The molecule has 0 bridgehead atoms. The Morgan fingerprint density at radius 1 is 1.35 bits per heavy atom. The van der Waals surface area contributed by atoms with Crippen molar-refractivity contribution in [1.29, 1.82) is 0 Å². The molecule has 4 heterocycles.